The smallest absolute Gasteiger partial charge is 0.250 e. The fraction of sp³-hybridized carbons (Fsp3) is 0.133. The predicted octanol–water partition coefficient (Wildman–Crippen LogP) is 3.22. The van der Waals surface area contributed by atoms with E-state index in [1.165, 1.54) is 18.2 Å². The highest BCUT2D eigenvalue weighted by Gasteiger charge is 2.08. The average molecular weight is 309 g/mol. The van der Waals surface area contributed by atoms with E-state index in [-0.39, 0.29) is 18.9 Å². The van der Waals surface area contributed by atoms with Gasteiger partial charge in [-0.2, -0.15) is 0 Å². The Morgan fingerprint density at radius 1 is 1.29 bits per heavy atom. The first-order valence-electron chi connectivity index (χ1n) is 6.22. The summed E-state index contributed by atoms with van der Waals surface area (Å²) in [6.07, 6.45) is 0. The Balaban J connectivity index is 1.85. The molecule has 0 aliphatic heterocycles. The van der Waals surface area contributed by atoms with Crippen LogP contribution < -0.4 is 11.1 Å². The number of nitrogens with two attached hydrogens (primary N) is 1. The molecule has 4 nitrogen and oxygen atoms in total. The highest BCUT2D eigenvalue weighted by molar-refractivity contribution is 6.31. The first-order chi connectivity index (χ1) is 10.1. The molecule has 2 aromatic rings. The zero-order chi connectivity index (χ0) is 15.2. The molecule has 3 N–H and O–H groups in total. The minimum absolute atomic E-state index is 0.0290. The molecular weight excluding hydrogens is 295 g/mol. The van der Waals surface area contributed by atoms with Crippen LogP contribution in [0.25, 0.3) is 0 Å². The number of rotatable bonds is 5. The number of benzene rings is 2. The number of hydrogen-bond acceptors (Lipinski definition) is 3. The zero-order valence-electron chi connectivity index (χ0n) is 11.1. The van der Waals surface area contributed by atoms with Crippen LogP contribution in [-0.2, 0) is 16.1 Å². The van der Waals surface area contributed by atoms with Crippen LogP contribution in [0.3, 0.4) is 0 Å². The van der Waals surface area contributed by atoms with Crippen LogP contribution >= 0.6 is 11.6 Å². The summed E-state index contributed by atoms with van der Waals surface area (Å²) >= 11 is 5.96. The summed E-state index contributed by atoms with van der Waals surface area (Å²) in [7, 11) is 0. The van der Waals surface area contributed by atoms with Gasteiger partial charge in [-0.1, -0.05) is 29.8 Å². The third-order valence-electron chi connectivity index (χ3n) is 2.71. The van der Waals surface area contributed by atoms with E-state index in [0.717, 1.165) is 5.56 Å². The Bertz CT molecular complexity index is 649. The van der Waals surface area contributed by atoms with E-state index < -0.39 is 11.7 Å². The van der Waals surface area contributed by atoms with Crippen LogP contribution in [0.5, 0.6) is 0 Å². The SMILES string of the molecule is Nc1ccc(F)c(NC(=O)COCc2ccccc2Cl)c1. The first kappa shape index (κ1) is 15.3. The van der Waals surface area contributed by atoms with E-state index in [4.69, 9.17) is 22.1 Å². The number of halogens is 2. The van der Waals surface area contributed by atoms with Gasteiger partial charge in [0, 0.05) is 10.7 Å². The van der Waals surface area contributed by atoms with E-state index in [9.17, 15) is 9.18 Å². The molecule has 2 aromatic carbocycles. The van der Waals surface area contributed by atoms with Crippen LogP contribution in [0.15, 0.2) is 42.5 Å². The molecule has 6 heteroatoms. The molecular formula is C15H14ClFN2O2. The van der Waals surface area contributed by atoms with Gasteiger partial charge in [-0.05, 0) is 29.8 Å². The Morgan fingerprint density at radius 2 is 2.05 bits per heavy atom. The standard InChI is InChI=1S/C15H14ClFN2O2/c16-12-4-2-1-3-10(12)8-21-9-15(20)19-14-7-11(18)5-6-13(14)17/h1-7H,8-9,18H2,(H,19,20). The fourth-order valence-electron chi connectivity index (χ4n) is 1.69. The second-order valence-corrected chi connectivity index (χ2v) is 4.78. The Morgan fingerprint density at radius 3 is 2.81 bits per heavy atom. The molecule has 0 aromatic heterocycles. The number of anilines is 2. The normalized spacial score (nSPS) is 10.4. The monoisotopic (exact) mass is 308 g/mol. The number of nitrogens with one attached hydrogen (secondary N) is 1. The van der Waals surface area contributed by atoms with Gasteiger partial charge in [0.2, 0.25) is 5.91 Å². The molecule has 0 radical (unpaired) electrons. The van der Waals surface area contributed by atoms with Crippen LogP contribution in [-0.4, -0.2) is 12.5 Å². The van der Waals surface area contributed by atoms with Crippen LogP contribution in [0.4, 0.5) is 15.8 Å². The number of amides is 1. The van der Waals surface area contributed by atoms with Crippen molar-refractivity contribution in [2.75, 3.05) is 17.7 Å². The van der Waals surface area contributed by atoms with Gasteiger partial charge in [-0.3, -0.25) is 4.79 Å². The summed E-state index contributed by atoms with van der Waals surface area (Å²) in [6, 6.07) is 11.1. The maximum Gasteiger partial charge on any atom is 0.250 e. The lowest BCUT2D eigenvalue weighted by Gasteiger charge is -2.08. The van der Waals surface area contributed by atoms with Crippen LogP contribution in [0, 0.1) is 5.82 Å². The van der Waals surface area contributed by atoms with Crippen molar-refractivity contribution in [2.24, 2.45) is 0 Å². The summed E-state index contributed by atoms with van der Waals surface area (Å²) in [4.78, 5) is 11.7. The molecule has 0 heterocycles. The third-order valence-corrected chi connectivity index (χ3v) is 3.08. The van der Waals surface area contributed by atoms with Gasteiger partial charge < -0.3 is 15.8 Å². The summed E-state index contributed by atoms with van der Waals surface area (Å²) in [6.45, 7) is -0.00797. The Kier molecular flexibility index (Phi) is 5.14. The van der Waals surface area contributed by atoms with Crippen molar-refractivity contribution in [3.8, 4) is 0 Å². The number of hydrogen-bond donors (Lipinski definition) is 2. The molecule has 0 saturated heterocycles. The van der Waals surface area contributed by atoms with Crippen LogP contribution in [0.1, 0.15) is 5.56 Å². The molecule has 0 saturated carbocycles. The second kappa shape index (κ2) is 7.06. The van der Waals surface area contributed by atoms with Gasteiger partial charge >= 0.3 is 0 Å². The number of carbonyl (C=O) groups excluding carboxylic acids is 1. The molecule has 0 spiro atoms. The van der Waals surface area contributed by atoms with Crippen molar-refractivity contribution in [1.29, 1.82) is 0 Å². The zero-order valence-corrected chi connectivity index (χ0v) is 11.9. The topological polar surface area (TPSA) is 64.3 Å². The lowest BCUT2D eigenvalue weighted by Crippen LogP contribution is -2.19. The molecule has 0 aliphatic rings. The van der Waals surface area contributed by atoms with Gasteiger partial charge in [0.15, 0.2) is 0 Å². The molecule has 21 heavy (non-hydrogen) atoms. The molecule has 0 atom stereocenters. The largest absolute Gasteiger partial charge is 0.399 e. The summed E-state index contributed by atoms with van der Waals surface area (Å²) in [5.41, 5.74) is 6.71. The van der Waals surface area contributed by atoms with Crippen molar-refractivity contribution < 1.29 is 13.9 Å². The van der Waals surface area contributed by atoms with Crippen molar-refractivity contribution in [3.05, 3.63) is 58.9 Å². The number of ether oxygens (including phenoxy) is 1. The Hall–Kier alpha value is -2.11. The van der Waals surface area contributed by atoms with Crippen molar-refractivity contribution in [3.63, 3.8) is 0 Å². The minimum atomic E-state index is -0.552. The molecule has 0 fully saturated rings. The molecule has 0 aliphatic carbocycles. The number of nitrogen functional groups attached to an aromatic ring is 1. The maximum absolute atomic E-state index is 13.4. The molecule has 110 valence electrons. The van der Waals surface area contributed by atoms with Gasteiger partial charge in [-0.25, -0.2) is 4.39 Å². The van der Waals surface area contributed by atoms with E-state index >= 15 is 0 Å². The maximum atomic E-state index is 13.4. The van der Waals surface area contributed by atoms with Gasteiger partial charge in [-0.15, -0.1) is 0 Å². The van der Waals surface area contributed by atoms with E-state index in [2.05, 4.69) is 5.32 Å². The van der Waals surface area contributed by atoms with Crippen molar-refractivity contribution >= 4 is 28.9 Å². The molecule has 1 amide bonds. The van der Waals surface area contributed by atoms with Gasteiger partial charge in [0.05, 0.1) is 12.3 Å². The van der Waals surface area contributed by atoms with Gasteiger partial charge in [0.25, 0.3) is 0 Å². The van der Waals surface area contributed by atoms with Crippen molar-refractivity contribution in [2.45, 2.75) is 6.61 Å². The molecule has 2 rings (SSSR count). The summed E-state index contributed by atoms with van der Waals surface area (Å²) in [5.74, 6) is -1.02. The lowest BCUT2D eigenvalue weighted by molar-refractivity contribution is -0.121. The second-order valence-electron chi connectivity index (χ2n) is 4.37. The average Bonchev–Trinajstić information content (AvgIpc) is 2.45. The fourth-order valence-corrected chi connectivity index (χ4v) is 1.88. The van der Waals surface area contributed by atoms with E-state index in [0.29, 0.717) is 10.7 Å². The van der Waals surface area contributed by atoms with Crippen molar-refractivity contribution in [1.82, 2.24) is 0 Å². The quantitative estimate of drug-likeness (QED) is 0.834. The van der Waals surface area contributed by atoms with E-state index in [1.54, 1.807) is 18.2 Å². The molecule has 0 unspecified atom stereocenters. The summed E-state index contributed by atoms with van der Waals surface area (Å²) < 4.78 is 18.7. The minimum Gasteiger partial charge on any atom is -0.399 e. The third kappa shape index (κ3) is 4.44. The first-order valence-corrected chi connectivity index (χ1v) is 6.60. The van der Waals surface area contributed by atoms with Crippen LogP contribution in [0.2, 0.25) is 5.02 Å². The van der Waals surface area contributed by atoms with E-state index in [1.807, 2.05) is 6.07 Å². The Labute approximate surface area is 126 Å². The lowest BCUT2D eigenvalue weighted by atomic mass is 10.2. The highest BCUT2D eigenvalue weighted by atomic mass is 35.5. The predicted molar refractivity (Wildman–Crippen MR) is 80.6 cm³/mol. The van der Waals surface area contributed by atoms with Gasteiger partial charge in [0.1, 0.15) is 12.4 Å². The highest BCUT2D eigenvalue weighted by Crippen LogP contribution is 2.18. The number of carbonyl (C=O) groups is 1. The summed E-state index contributed by atoms with van der Waals surface area (Å²) in [5, 5.41) is 2.97. The molecule has 0 bridgehead atoms.